The minimum atomic E-state index is -0.632. The molecule has 9 heteroatoms. The zero-order chi connectivity index (χ0) is 20.8. The fourth-order valence-corrected chi connectivity index (χ4v) is 3.95. The number of carbonyl (C=O) groups excluding carboxylic acids is 3. The monoisotopic (exact) mass is 434 g/mol. The molecule has 0 radical (unpaired) electrons. The molecule has 2 aromatic carbocycles. The SMILES string of the molecule is COc1ccccc1CNC(=O)COC(=O)CC1Sc2ccc(Cl)cc2NC1=O. The van der Waals surface area contributed by atoms with Crippen molar-refractivity contribution in [1.29, 1.82) is 0 Å². The predicted octanol–water partition coefficient (Wildman–Crippen LogP) is 3.01. The molecule has 7 nitrogen and oxygen atoms in total. The zero-order valence-corrected chi connectivity index (χ0v) is 17.1. The normalized spacial score (nSPS) is 15.1. The Morgan fingerprint density at radius 2 is 2.03 bits per heavy atom. The number of hydrogen-bond donors (Lipinski definition) is 2. The summed E-state index contributed by atoms with van der Waals surface area (Å²) in [5.41, 5.74) is 1.43. The first kappa shape index (κ1) is 21.0. The van der Waals surface area contributed by atoms with E-state index in [1.54, 1.807) is 31.4 Å². The molecule has 2 amide bonds. The predicted molar refractivity (Wildman–Crippen MR) is 110 cm³/mol. The van der Waals surface area contributed by atoms with Crippen molar-refractivity contribution in [3.8, 4) is 5.75 Å². The molecule has 1 aliphatic heterocycles. The highest BCUT2D eigenvalue weighted by Crippen LogP contribution is 2.38. The third-order valence-corrected chi connectivity index (χ3v) is 5.66. The largest absolute Gasteiger partial charge is 0.496 e. The van der Waals surface area contributed by atoms with Crippen LogP contribution < -0.4 is 15.4 Å². The van der Waals surface area contributed by atoms with E-state index in [2.05, 4.69) is 10.6 Å². The van der Waals surface area contributed by atoms with Gasteiger partial charge in [0, 0.05) is 22.0 Å². The van der Waals surface area contributed by atoms with Crippen molar-refractivity contribution in [1.82, 2.24) is 5.32 Å². The van der Waals surface area contributed by atoms with E-state index in [1.807, 2.05) is 18.2 Å². The molecule has 1 unspecified atom stereocenters. The molecular formula is C20H19ClN2O5S. The smallest absolute Gasteiger partial charge is 0.307 e. The Bertz CT molecular complexity index is 937. The first-order valence-electron chi connectivity index (χ1n) is 8.77. The van der Waals surface area contributed by atoms with Crippen molar-refractivity contribution >= 4 is 46.8 Å². The summed E-state index contributed by atoms with van der Waals surface area (Å²) in [7, 11) is 1.55. The first-order valence-corrected chi connectivity index (χ1v) is 10.0. The van der Waals surface area contributed by atoms with Crippen LogP contribution >= 0.6 is 23.4 Å². The van der Waals surface area contributed by atoms with Gasteiger partial charge in [-0.25, -0.2) is 0 Å². The Hall–Kier alpha value is -2.71. The van der Waals surface area contributed by atoms with Crippen molar-refractivity contribution in [2.45, 2.75) is 23.1 Å². The quantitative estimate of drug-likeness (QED) is 0.650. The maximum absolute atomic E-state index is 12.2. The number of methoxy groups -OCH3 is 1. The summed E-state index contributed by atoms with van der Waals surface area (Å²) >= 11 is 7.18. The number of carbonyl (C=O) groups is 3. The van der Waals surface area contributed by atoms with Crippen LogP contribution in [0.3, 0.4) is 0 Å². The Morgan fingerprint density at radius 1 is 1.24 bits per heavy atom. The second kappa shape index (κ2) is 9.67. The van der Waals surface area contributed by atoms with Gasteiger partial charge in [0.05, 0.1) is 24.5 Å². The number of fused-ring (bicyclic) bond motifs is 1. The van der Waals surface area contributed by atoms with Gasteiger partial charge in [-0.15, -0.1) is 11.8 Å². The number of thioether (sulfide) groups is 1. The molecule has 1 heterocycles. The van der Waals surface area contributed by atoms with Crippen molar-refractivity contribution in [2.24, 2.45) is 0 Å². The molecule has 3 rings (SSSR count). The maximum Gasteiger partial charge on any atom is 0.307 e. The van der Waals surface area contributed by atoms with Gasteiger partial charge in [-0.1, -0.05) is 29.8 Å². The molecule has 29 heavy (non-hydrogen) atoms. The fourth-order valence-electron chi connectivity index (χ4n) is 2.71. The van der Waals surface area contributed by atoms with E-state index in [1.165, 1.54) is 11.8 Å². The molecular weight excluding hydrogens is 416 g/mol. The molecule has 0 saturated heterocycles. The lowest BCUT2D eigenvalue weighted by atomic mass is 10.2. The van der Waals surface area contributed by atoms with E-state index in [0.29, 0.717) is 16.5 Å². The lowest BCUT2D eigenvalue weighted by Gasteiger charge is -2.23. The standard InChI is InChI=1S/C20H19ClN2O5S/c1-27-15-5-3-2-4-12(15)10-22-18(24)11-28-19(25)9-17-20(26)23-14-8-13(21)6-7-16(14)29-17/h2-8,17H,9-11H2,1H3,(H,22,24)(H,23,26). The number of nitrogens with one attached hydrogen (secondary N) is 2. The number of benzene rings is 2. The second-order valence-corrected chi connectivity index (χ2v) is 7.87. The van der Waals surface area contributed by atoms with Crippen LogP contribution in [0.5, 0.6) is 5.75 Å². The molecule has 1 atom stereocenters. The lowest BCUT2D eigenvalue weighted by Crippen LogP contribution is -2.33. The summed E-state index contributed by atoms with van der Waals surface area (Å²) in [6.07, 6.45) is -0.141. The summed E-state index contributed by atoms with van der Waals surface area (Å²) in [4.78, 5) is 37.0. The Balaban J connectivity index is 1.45. The molecule has 152 valence electrons. The molecule has 0 spiro atoms. The summed E-state index contributed by atoms with van der Waals surface area (Å²) in [6.45, 7) is -0.167. The number of anilines is 1. The maximum atomic E-state index is 12.2. The average Bonchev–Trinajstić information content (AvgIpc) is 2.71. The number of esters is 1. The molecule has 0 fully saturated rings. The average molecular weight is 435 g/mol. The highest BCUT2D eigenvalue weighted by atomic mass is 35.5. The van der Waals surface area contributed by atoms with Crippen molar-refractivity contribution in [3.05, 3.63) is 53.1 Å². The highest BCUT2D eigenvalue weighted by Gasteiger charge is 2.29. The van der Waals surface area contributed by atoms with Crippen LogP contribution in [-0.4, -0.2) is 36.8 Å². The topological polar surface area (TPSA) is 93.7 Å². The van der Waals surface area contributed by atoms with E-state index in [9.17, 15) is 14.4 Å². The van der Waals surface area contributed by atoms with Crippen LogP contribution in [0.4, 0.5) is 5.69 Å². The van der Waals surface area contributed by atoms with E-state index in [4.69, 9.17) is 21.1 Å². The first-order chi connectivity index (χ1) is 14.0. The van der Waals surface area contributed by atoms with Crippen molar-refractivity contribution in [3.63, 3.8) is 0 Å². The molecule has 0 saturated carbocycles. The van der Waals surface area contributed by atoms with E-state index in [-0.39, 0.29) is 18.9 Å². The van der Waals surface area contributed by atoms with E-state index >= 15 is 0 Å². The van der Waals surface area contributed by atoms with Gasteiger partial charge in [0.2, 0.25) is 5.91 Å². The summed E-state index contributed by atoms with van der Waals surface area (Å²) in [5.74, 6) is -0.707. The second-order valence-electron chi connectivity index (χ2n) is 6.19. The van der Waals surface area contributed by atoms with Gasteiger partial charge in [-0.2, -0.15) is 0 Å². The van der Waals surface area contributed by atoms with E-state index in [0.717, 1.165) is 10.5 Å². The Morgan fingerprint density at radius 3 is 2.83 bits per heavy atom. The van der Waals surface area contributed by atoms with Crippen molar-refractivity contribution < 1.29 is 23.9 Å². The van der Waals surface area contributed by atoms with Crippen LogP contribution in [0.1, 0.15) is 12.0 Å². The van der Waals surface area contributed by atoms with Crippen molar-refractivity contribution in [2.75, 3.05) is 19.0 Å². The number of halogens is 1. The molecule has 0 bridgehead atoms. The number of amides is 2. The summed E-state index contributed by atoms with van der Waals surface area (Å²) < 4.78 is 10.2. The van der Waals surface area contributed by atoms with Gasteiger partial charge >= 0.3 is 5.97 Å². The van der Waals surface area contributed by atoms with Crippen LogP contribution in [-0.2, 0) is 25.7 Å². The third-order valence-electron chi connectivity index (χ3n) is 4.15. The number of rotatable bonds is 7. The minimum Gasteiger partial charge on any atom is -0.496 e. The fraction of sp³-hybridized carbons (Fsp3) is 0.250. The molecule has 1 aliphatic rings. The molecule has 2 N–H and O–H groups in total. The Kier molecular flexibility index (Phi) is 7.00. The summed E-state index contributed by atoms with van der Waals surface area (Å²) in [5, 5.41) is 5.28. The Labute approximate surface area is 177 Å². The van der Waals surface area contributed by atoms with E-state index < -0.39 is 23.7 Å². The van der Waals surface area contributed by atoms with Crippen LogP contribution in [0.15, 0.2) is 47.4 Å². The highest BCUT2D eigenvalue weighted by molar-refractivity contribution is 8.01. The molecule has 0 aliphatic carbocycles. The number of hydrogen-bond acceptors (Lipinski definition) is 6. The van der Waals surface area contributed by atoms with Gasteiger partial charge in [0.15, 0.2) is 6.61 Å². The lowest BCUT2D eigenvalue weighted by molar-refractivity contribution is -0.149. The van der Waals surface area contributed by atoms with Crippen LogP contribution in [0.25, 0.3) is 0 Å². The minimum absolute atomic E-state index is 0.141. The van der Waals surface area contributed by atoms with Crippen LogP contribution in [0, 0.1) is 0 Å². The number of ether oxygens (including phenoxy) is 2. The van der Waals surface area contributed by atoms with Gasteiger partial charge in [-0.3, -0.25) is 14.4 Å². The molecule has 2 aromatic rings. The van der Waals surface area contributed by atoms with Gasteiger partial charge in [0.25, 0.3) is 5.91 Å². The third kappa shape index (κ3) is 5.65. The van der Waals surface area contributed by atoms with Gasteiger partial charge in [-0.05, 0) is 24.3 Å². The zero-order valence-electron chi connectivity index (χ0n) is 15.6. The number of para-hydroxylation sites is 1. The molecule has 0 aromatic heterocycles. The van der Waals surface area contributed by atoms with Gasteiger partial charge < -0.3 is 20.1 Å². The van der Waals surface area contributed by atoms with Crippen LogP contribution in [0.2, 0.25) is 5.02 Å². The summed E-state index contributed by atoms with van der Waals surface area (Å²) in [6, 6.07) is 12.4. The van der Waals surface area contributed by atoms with Gasteiger partial charge in [0.1, 0.15) is 5.75 Å².